The average molecular weight is 524 g/mol. The second-order valence-electron chi connectivity index (χ2n) is 9.66. The number of aromatic nitrogens is 5. The molecular weight excluding hydrogens is 497 g/mol. The molecule has 0 unspecified atom stereocenters. The Balaban J connectivity index is 1.75. The molecule has 0 saturated carbocycles. The van der Waals surface area contributed by atoms with Crippen LogP contribution in [0.2, 0.25) is 10.0 Å². The van der Waals surface area contributed by atoms with Crippen molar-refractivity contribution in [2.45, 2.75) is 53.6 Å². The second-order valence-corrected chi connectivity index (χ2v) is 10.4. The van der Waals surface area contributed by atoms with Crippen molar-refractivity contribution in [3.05, 3.63) is 91.6 Å². The molecule has 0 aliphatic heterocycles. The number of hydrogen-bond donors (Lipinski definition) is 0. The molecule has 36 heavy (non-hydrogen) atoms. The molecule has 0 aliphatic carbocycles. The highest BCUT2D eigenvalue weighted by atomic mass is 35.5. The quantitative estimate of drug-likeness (QED) is 0.310. The monoisotopic (exact) mass is 523 g/mol. The lowest BCUT2D eigenvalue weighted by Gasteiger charge is -2.19. The predicted molar refractivity (Wildman–Crippen MR) is 142 cm³/mol. The summed E-state index contributed by atoms with van der Waals surface area (Å²) in [5.41, 5.74) is 4.11. The first-order chi connectivity index (χ1) is 17.0. The van der Waals surface area contributed by atoms with Gasteiger partial charge in [-0.3, -0.25) is 19.3 Å². The molecule has 0 spiro atoms. The molecule has 4 aromatic rings. The van der Waals surface area contributed by atoms with Crippen molar-refractivity contribution in [1.82, 2.24) is 24.5 Å². The molecule has 186 valence electrons. The van der Waals surface area contributed by atoms with Gasteiger partial charge in [-0.15, -0.1) is 0 Å². The third-order valence-corrected chi connectivity index (χ3v) is 6.22. The number of pyridine rings is 3. The van der Waals surface area contributed by atoms with Crippen LogP contribution in [0.15, 0.2) is 47.5 Å². The SMILES string of the molecule is Cc1cccc(COc2cc(C)n(-c3cc(-c4nc(C(C)(C)C)ncc4C)ncc3Cl)c(=O)c2Cl)n1. The summed E-state index contributed by atoms with van der Waals surface area (Å²) in [6.45, 7) is 11.9. The first-order valence-electron chi connectivity index (χ1n) is 11.4. The van der Waals surface area contributed by atoms with Crippen molar-refractivity contribution in [1.29, 1.82) is 0 Å². The topological polar surface area (TPSA) is 82.8 Å². The van der Waals surface area contributed by atoms with Gasteiger partial charge in [0.25, 0.3) is 5.56 Å². The fourth-order valence-corrected chi connectivity index (χ4v) is 4.09. The Labute approximate surface area is 220 Å². The van der Waals surface area contributed by atoms with E-state index in [0.29, 0.717) is 33.6 Å². The van der Waals surface area contributed by atoms with Gasteiger partial charge in [0.1, 0.15) is 23.2 Å². The third-order valence-electron chi connectivity index (χ3n) is 5.58. The summed E-state index contributed by atoms with van der Waals surface area (Å²) < 4.78 is 7.30. The van der Waals surface area contributed by atoms with Gasteiger partial charge in [0.15, 0.2) is 0 Å². The molecule has 4 rings (SSSR count). The number of nitrogens with zero attached hydrogens (tertiary/aromatic N) is 5. The van der Waals surface area contributed by atoms with Crippen LogP contribution in [0.3, 0.4) is 0 Å². The van der Waals surface area contributed by atoms with E-state index < -0.39 is 5.56 Å². The van der Waals surface area contributed by atoms with Gasteiger partial charge in [0.05, 0.1) is 27.8 Å². The van der Waals surface area contributed by atoms with Gasteiger partial charge in [-0.1, -0.05) is 50.0 Å². The van der Waals surface area contributed by atoms with Crippen molar-refractivity contribution in [3.63, 3.8) is 0 Å². The Bertz CT molecular complexity index is 1510. The van der Waals surface area contributed by atoms with Crippen LogP contribution in [0, 0.1) is 20.8 Å². The van der Waals surface area contributed by atoms with E-state index in [1.165, 1.54) is 10.8 Å². The molecule has 9 heteroatoms. The van der Waals surface area contributed by atoms with E-state index in [4.69, 9.17) is 32.9 Å². The van der Waals surface area contributed by atoms with Gasteiger partial charge in [0.2, 0.25) is 0 Å². The van der Waals surface area contributed by atoms with Crippen molar-refractivity contribution in [2.24, 2.45) is 0 Å². The lowest BCUT2D eigenvalue weighted by Crippen LogP contribution is -2.22. The summed E-state index contributed by atoms with van der Waals surface area (Å²) in [6, 6.07) is 9.11. The number of ether oxygens (including phenoxy) is 1. The minimum absolute atomic E-state index is 0.0454. The summed E-state index contributed by atoms with van der Waals surface area (Å²) >= 11 is 13.0. The van der Waals surface area contributed by atoms with E-state index in [1.54, 1.807) is 25.3 Å². The zero-order chi connectivity index (χ0) is 26.2. The molecule has 0 aromatic carbocycles. The first kappa shape index (κ1) is 25.8. The summed E-state index contributed by atoms with van der Waals surface area (Å²) in [5.74, 6) is 0.980. The average Bonchev–Trinajstić information content (AvgIpc) is 2.81. The van der Waals surface area contributed by atoms with Gasteiger partial charge in [-0.05, 0) is 44.5 Å². The maximum absolute atomic E-state index is 13.4. The molecule has 0 bridgehead atoms. The summed E-state index contributed by atoms with van der Waals surface area (Å²) in [5, 5.41) is 0.260. The van der Waals surface area contributed by atoms with E-state index in [2.05, 4.69) is 15.0 Å². The van der Waals surface area contributed by atoms with E-state index in [0.717, 1.165) is 17.0 Å². The van der Waals surface area contributed by atoms with Crippen LogP contribution in [-0.4, -0.2) is 24.5 Å². The van der Waals surface area contributed by atoms with E-state index in [9.17, 15) is 4.79 Å². The minimum atomic E-state index is -0.447. The highest BCUT2D eigenvalue weighted by Gasteiger charge is 2.21. The number of halogens is 2. The molecule has 7 nitrogen and oxygen atoms in total. The standard InChI is InChI=1S/C27H27Cl2N5O2/c1-15-12-31-26(27(4,5)6)33-24(15)20-11-21(19(28)13-30-20)34-17(3)10-22(23(29)25(34)35)36-14-18-9-7-8-16(2)32-18/h7-13H,14H2,1-6H3. The normalized spacial score (nSPS) is 11.6. The lowest BCUT2D eigenvalue weighted by atomic mass is 9.95. The highest BCUT2D eigenvalue weighted by Crippen LogP contribution is 2.30. The maximum atomic E-state index is 13.4. The first-order valence-corrected chi connectivity index (χ1v) is 12.2. The van der Waals surface area contributed by atoms with Crippen LogP contribution in [0.25, 0.3) is 17.1 Å². The molecule has 4 aromatic heterocycles. The van der Waals surface area contributed by atoms with Crippen LogP contribution < -0.4 is 10.3 Å². The Kier molecular flexibility index (Phi) is 7.16. The zero-order valence-electron chi connectivity index (χ0n) is 21.1. The minimum Gasteiger partial charge on any atom is -0.485 e. The van der Waals surface area contributed by atoms with Crippen LogP contribution in [-0.2, 0) is 12.0 Å². The third kappa shape index (κ3) is 5.27. The summed E-state index contributed by atoms with van der Waals surface area (Å²) in [4.78, 5) is 31.5. The Hall–Kier alpha value is -3.29. The molecular formula is C27H27Cl2N5O2. The van der Waals surface area contributed by atoms with Crippen molar-refractivity contribution in [3.8, 4) is 22.8 Å². The van der Waals surface area contributed by atoms with E-state index in [-0.39, 0.29) is 22.8 Å². The van der Waals surface area contributed by atoms with Gasteiger partial charge in [-0.25, -0.2) is 9.97 Å². The van der Waals surface area contributed by atoms with Crippen LogP contribution in [0.5, 0.6) is 5.75 Å². The van der Waals surface area contributed by atoms with Crippen LogP contribution in [0.4, 0.5) is 0 Å². The summed E-state index contributed by atoms with van der Waals surface area (Å²) in [6.07, 6.45) is 3.29. The van der Waals surface area contributed by atoms with Gasteiger partial charge < -0.3 is 4.74 Å². The molecule has 0 fully saturated rings. The zero-order valence-corrected chi connectivity index (χ0v) is 22.6. The fraction of sp³-hybridized carbons (Fsp3) is 0.296. The lowest BCUT2D eigenvalue weighted by molar-refractivity contribution is 0.300. The summed E-state index contributed by atoms with van der Waals surface area (Å²) in [7, 11) is 0. The number of hydrogen-bond acceptors (Lipinski definition) is 6. The smallest absolute Gasteiger partial charge is 0.277 e. The second kappa shape index (κ2) is 9.99. The van der Waals surface area contributed by atoms with E-state index >= 15 is 0 Å². The number of rotatable bonds is 5. The van der Waals surface area contributed by atoms with Crippen LogP contribution >= 0.6 is 23.2 Å². The molecule has 0 aliphatic rings. The molecule has 0 amide bonds. The van der Waals surface area contributed by atoms with Crippen molar-refractivity contribution < 1.29 is 4.74 Å². The molecule has 0 atom stereocenters. The van der Waals surface area contributed by atoms with Crippen molar-refractivity contribution in [2.75, 3.05) is 0 Å². The Morgan fingerprint density at radius 2 is 1.75 bits per heavy atom. The van der Waals surface area contributed by atoms with Gasteiger partial charge in [-0.2, -0.15) is 0 Å². The largest absolute Gasteiger partial charge is 0.485 e. The van der Waals surface area contributed by atoms with Gasteiger partial charge in [0, 0.05) is 35.3 Å². The molecule has 4 heterocycles. The highest BCUT2D eigenvalue weighted by molar-refractivity contribution is 6.33. The van der Waals surface area contributed by atoms with Crippen molar-refractivity contribution >= 4 is 23.2 Å². The fourth-order valence-electron chi connectivity index (χ4n) is 3.71. The molecule has 0 N–H and O–H groups in total. The Morgan fingerprint density at radius 1 is 1.00 bits per heavy atom. The Morgan fingerprint density at radius 3 is 2.44 bits per heavy atom. The van der Waals surface area contributed by atoms with E-state index in [1.807, 2.05) is 52.8 Å². The molecule has 0 radical (unpaired) electrons. The van der Waals surface area contributed by atoms with Crippen LogP contribution in [0.1, 0.15) is 49.2 Å². The maximum Gasteiger partial charge on any atom is 0.277 e. The predicted octanol–water partition coefficient (Wildman–Crippen LogP) is 6.19. The molecule has 0 saturated heterocycles. The van der Waals surface area contributed by atoms with Gasteiger partial charge >= 0.3 is 0 Å². The number of aryl methyl sites for hydroxylation is 3.